The van der Waals surface area contributed by atoms with Gasteiger partial charge in [0.05, 0.1) is 80.2 Å². The quantitative estimate of drug-likeness (QED) is 0.0374. The molecule has 16 rings (SSSR count). The molecule has 4 aromatic carbocycles. The molecule has 8 aliphatic rings. The summed E-state index contributed by atoms with van der Waals surface area (Å²) in [5, 5.41) is 13.2. The zero-order chi connectivity index (χ0) is 80.6. The van der Waals surface area contributed by atoms with Crippen molar-refractivity contribution in [3.05, 3.63) is 116 Å². The van der Waals surface area contributed by atoms with Crippen LogP contribution >= 0.6 is 45.3 Å². The fourth-order valence-electron chi connectivity index (χ4n) is 15.4. The van der Waals surface area contributed by atoms with Crippen LogP contribution < -0.4 is 21.3 Å². The van der Waals surface area contributed by atoms with Gasteiger partial charge < -0.3 is 40.9 Å². The number of benzene rings is 4. The second-order valence-corrected chi connectivity index (χ2v) is 40.2. The second kappa shape index (κ2) is 32.9. The molecule has 8 aromatic rings. The summed E-state index contributed by atoms with van der Waals surface area (Å²) in [5.74, 6) is 2.02. The molecule has 0 bridgehead atoms. The van der Waals surface area contributed by atoms with Crippen LogP contribution in [-0.2, 0) is 88.2 Å². The first-order valence-corrected chi connectivity index (χ1v) is 47.1. The van der Waals surface area contributed by atoms with Gasteiger partial charge in [-0.3, -0.25) is 56.9 Å². The highest BCUT2D eigenvalue weighted by Gasteiger charge is 2.45. The van der Waals surface area contributed by atoms with E-state index in [0.29, 0.717) is 80.8 Å². The fraction of sp³-hybridized carbons (Fsp3) is 0.450. The van der Waals surface area contributed by atoms with E-state index in [2.05, 4.69) is 87.1 Å². The Morgan fingerprint density at radius 3 is 0.750 bits per heavy atom. The Bertz CT molecular complexity index is 4690. The summed E-state index contributed by atoms with van der Waals surface area (Å²) in [6, 6.07) is 16.9. The number of thiazole rings is 4. The monoisotopic (exact) mass is 1670 g/mol. The molecule has 4 aliphatic heterocycles. The molecule has 7 N–H and O–H groups in total. The number of amides is 8. The molecular formula is C80H95N15O9S8. The number of carbonyl (C=O) groups is 8. The molecule has 4 aliphatic carbocycles. The van der Waals surface area contributed by atoms with Crippen molar-refractivity contribution in [3.63, 3.8) is 0 Å². The van der Waals surface area contributed by atoms with Crippen molar-refractivity contribution in [3.8, 4) is 41.8 Å². The molecule has 0 saturated heterocycles. The highest BCUT2D eigenvalue weighted by molar-refractivity contribution is 7.86. The Kier molecular flexibility index (Phi) is 24.0. The minimum Gasteiger partial charge on any atom is -0.331 e. The largest absolute Gasteiger partial charge is 0.331 e. The number of aryl methyl sites for hydroxylation is 4. The van der Waals surface area contributed by atoms with Crippen LogP contribution in [-0.4, -0.2) is 140 Å². The van der Waals surface area contributed by atoms with Crippen LogP contribution in [0.1, 0.15) is 193 Å². The third-order valence-electron chi connectivity index (χ3n) is 21.8. The van der Waals surface area contributed by atoms with E-state index < -0.39 is 42.9 Å². The van der Waals surface area contributed by atoms with Crippen LogP contribution in [0.5, 0.6) is 0 Å². The van der Waals surface area contributed by atoms with Crippen molar-refractivity contribution in [1.82, 2.24) is 39.5 Å². The highest BCUT2D eigenvalue weighted by Crippen LogP contribution is 2.48. The van der Waals surface area contributed by atoms with Crippen LogP contribution in [0.4, 0.5) is 20.5 Å². The Morgan fingerprint density at radius 1 is 0.375 bits per heavy atom. The fourth-order valence-corrected chi connectivity index (χ4v) is 22.6. The average Bonchev–Trinajstić information content (AvgIpc) is 1.61. The number of aromatic nitrogens is 4. The molecule has 0 unspecified atom stereocenters. The van der Waals surface area contributed by atoms with E-state index in [4.69, 9.17) is 14.3 Å². The first-order chi connectivity index (χ1) is 53.0. The van der Waals surface area contributed by atoms with Crippen molar-refractivity contribution in [1.29, 1.82) is 14.3 Å². The van der Waals surface area contributed by atoms with Gasteiger partial charge in [0.1, 0.15) is 0 Å². The molecule has 112 heavy (non-hydrogen) atoms. The van der Waals surface area contributed by atoms with Gasteiger partial charge in [0.2, 0.25) is 23.6 Å². The van der Waals surface area contributed by atoms with Crippen LogP contribution in [0.2, 0.25) is 0 Å². The SMILES string of the molecule is CC(=O)Nc1nc(C)c(-c2cc3c(c([S@@](C)=N)c2)C(=O)N([C@@H](C)C2CC2)C3)s1.CC(=O)Nc1nc(C)c(-c2cc3c(c([S@@](C)=O)c2)C(=O)N([C@@H](C)C2CC2)C3)s1.CC(=O)Nc1nc(C)c(-c2cc3c(c([S@](C)=N)c2)C(=O)N([C@@H](C)C2CC2)C3)s1.CC(=O)Nc1nc(C)c(-c2cc3c(c([S@](C)=N)c2)C(=O)N([C@@H](C)C2CC2)C3)s1. The third kappa shape index (κ3) is 17.4. The Morgan fingerprint density at radius 2 is 0.571 bits per heavy atom. The van der Waals surface area contributed by atoms with Gasteiger partial charge in [-0.05, 0) is 242 Å². The van der Waals surface area contributed by atoms with E-state index >= 15 is 0 Å². The van der Waals surface area contributed by atoms with Crippen LogP contribution in [0.15, 0.2) is 68.1 Å². The average molecular weight is 1670 g/mol. The maximum absolute atomic E-state index is 13.1. The van der Waals surface area contributed by atoms with Crippen molar-refractivity contribution >= 4 is 156 Å². The number of anilines is 4. The van der Waals surface area contributed by atoms with Crippen molar-refractivity contribution < 1.29 is 42.6 Å². The van der Waals surface area contributed by atoms with Crippen molar-refractivity contribution in [2.75, 3.05) is 46.3 Å². The van der Waals surface area contributed by atoms with E-state index in [1.807, 2.05) is 96.4 Å². The minimum atomic E-state index is -1.28. The lowest BCUT2D eigenvalue weighted by atomic mass is 10.0. The van der Waals surface area contributed by atoms with Crippen LogP contribution in [0.25, 0.3) is 41.8 Å². The second-order valence-electron chi connectivity index (χ2n) is 30.5. The van der Waals surface area contributed by atoms with E-state index in [-0.39, 0.29) is 71.4 Å². The lowest BCUT2D eigenvalue weighted by Gasteiger charge is -2.24. The lowest BCUT2D eigenvalue weighted by Crippen LogP contribution is -2.34. The van der Waals surface area contributed by atoms with E-state index in [0.717, 1.165) is 118 Å². The van der Waals surface area contributed by atoms with Crippen molar-refractivity contribution in [2.45, 2.75) is 204 Å². The molecule has 4 saturated carbocycles. The van der Waals surface area contributed by atoms with Gasteiger partial charge in [-0.1, -0.05) is 77.4 Å². The third-order valence-corrected chi connectivity index (χ3v) is 30.2. The van der Waals surface area contributed by atoms with Gasteiger partial charge in [-0.25, -0.2) is 19.9 Å². The van der Waals surface area contributed by atoms with Gasteiger partial charge in [0.25, 0.3) is 23.6 Å². The Hall–Kier alpha value is -8.24. The molecule has 4 aromatic heterocycles. The zero-order valence-electron chi connectivity index (χ0n) is 65.7. The van der Waals surface area contributed by atoms with Crippen LogP contribution in [0, 0.1) is 65.7 Å². The number of nitrogens with one attached hydrogen (secondary N) is 7. The summed E-state index contributed by atoms with van der Waals surface area (Å²) in [7, 11) is -3.62. The van der Waals surface area contributed by atoms with E-state index in [9.17, 15) is 42.6 Å². The van der Waals surface area contributed by atoms with Crippen molar-refractivity contribution in [2.24, 2.45) is 23.7 Å². The predicted octanol–water partition coefficient (Wildman–Crippen LogP) is 16.2. The molecule has 8 atom stereocenters. The molecule has 592 valence electrons. The highest BCUT2D eigenvalue weighted by atomic mass is 32.2. The number of hydrogen-bond donors (Lipinski definition) is 7. The first-order valence-electron chi connectivity index (χ1n) is 37.4. The predicted molar refractivity (Wildman–Crippen MR) is 450 cm³/mol. The maximum Gasteiger partial charge on any atom is 0.255 e. The molecule has 24 nitrogen and oxygen atoms in total. The summed E-state index contributed by atoms with van der Waals surface area (Å²) >= 11 is 5.68. The Labute approximate surface area is 679 Å². The standard InChI is InChI=1S/3C20H24N4O2S2.C20H23N3O3S2/c3*1-10-18(27-20(22-10)23-12(3)25)14-7-15-9-24(11(2)13-5-6-13)19(26)17(15)16(8-14)28(4)21;1-10-18(27-20(21-10)22-12(3)24)14-7-15-9-23(11(2)13-5-6-13)19(25)17(15)16(8-14)28(4)26/h3*7-8,11,13,21H,5-6,9H2,1-4H3,(H,22,23,25);7-8,11,13H,5-6,9H2,1-4H3,(H,21,22,24)/t11-,28+;2*11-,28-;11-,28+/m0000/s1. The smallest absolute Gasteiger partial charge is 0.255 e. The molecule has 4 fully saturated rings. The number of rotatable bonds is 20. The minimum absolute atomic E-state index is 0.00823. The maximum atomic E-state index is 13.1. The summed E-state index contributed by atoms with van der Waals surface area (Å²) in [5.41, 5.74) is 13.8. The number of hydrogen-bond acceptors (Lipinski definition) is 20. The summed E-state index contributed by atoms with van der Waals surface area (Å²) in [6.45, 7) is 24.4. The molecule has 8 heterocycles. The molecule has 32 heteroatoms. The lowest BCUT2D eigenvalue weighted by molar-refractivity contribution is -0.115. The molecule has 0 radical (unpaired) electrons. The van der Waals surface area contributed by atoms with E-state index in [1.165, 1.54) is 124 Å². The van der Waals surface area contributed by atoms with Gasteiger partial charge in [-0.15, -0.1) is 0 Å². The summed E-state index contributed by atoms with van der Waals surface area (Å²) in [4.78, 5) is 130. The number of carbonyl (C=O) groups excluding carboxylic acids is 8. The summed E-state index contributed by atoms with van der Waals surface area (Å²) in [6.07, 6.45) is 16.6. The topological polar surface area (TPSA) is 338 Å². The molecule has 0 spiro atoms. The van der Waals surface area contributed by atoms with E-state index in [1.54, 1.807) is 6.26 Å². The number of fused-ring (bicyclic) bond motifs is 4. The van der Waals surface area contributed by atoms with Gasteiger partial charge >= 0.3 is 0 Å². The number of nitrogens with zero attached hydrogens (tertiary/aromatic N) is 8. The normalized spacial score (nSPS) is 18.1. The van der Waals surface area contributed by atoms with Gasteiger partial charge in [0.15, 0.2) is 20.5 Å². The molecule has 8 amide bonds. The molecular weight excluding hydrogens is 1570 g/mol. The van der Waals surface area contributed by atoms with Gasteiger partial charge in [0, 0.05) is 99.0 Å². The first kappa shape index (κ1) is 81.8. The van der Waals surface area contributed by atoms with Gasteiger partial charge in [-0.2, -0.15) is 0 Å². The van der Waals surface area contributed by atoms with Crippen LogP contribution in [0.3, 0.4) is 0 Å². The Balaban J connectivity index is 0.000000131. The zero-order valence-corrected chi connectivity index (χ0v) is 72.3. The summed E-state index contributed by atoms with van der Waals surface area (Å²) < 4.78 is 37.5.